The number of thiazole rings is 1. The summed E-state index contributed by atoms with van der Waals surface area (Å²) in [4.78, 5) is 26.4. The highest BCUT2D eigenvalue weighted by Crippen LogP contribution is 2.27. The summed E-state index contributed by atoms with van der Waals surface area (Å²) in [5, 5.41) is 6.27. The predicted molar refractivity (Wildman–Crippen MR) is 82.9 cm³/mol. The molecule has 0 bridgehead atoms. The molecule has 2 aromatic heterocycles. The molecule has 0 fully saturated rings. The van der Waals surface area contributed by atoms with Gasteiger partial charge in [0.2, 0.25) is 5.91 Å². The summed E-state index contributed by atoms with van der Waals surface area (Å²) in [5.41, 5.74) is 1.96. The van der Waals surface area contributed by atoms with E-state index in [-0.39, 0.29) is 13.3 Å². The quantitative estimate of drug-likeness (QED) is 0.942. The fourth-order valence-electron chi connectivity index (χ4n) is 2.25. The van der Waals surface area contributed by atoms with Gasteiger partial charge >= 0.3 is 0 Å². The number of rotatable bonds is 3. The zero-order valence-corrected chi connectivity index (χ0v) is 12.2. The summed E-state index contributed by atoms with van der Waals surface area (Å²) in [5.74, 6) is 1.59. The maximum atomic E-state index is 11.5. The molecular weight excluding hydrogens is 286 g/mol. The number of aromatic nitrogens is 3. The van der Waals surface area contributed by atoms with Crippen molar-refractivity contribution in [2.24, 2.45) is 0 Å². The molecule has 21 heavy (non-hydrogen) atoms. The van der Waals surface area contributed by atoms with Crippen LogP contribution in [0.25, 0.3) is 0 Å². The van der Waals surface area contributed by atoms with E-state index in [9.17, 15) is 4.79 Å². The number of amides is 1. The first-order valence-electron chi connectivity index (χ1n) is 6.37. The van der Waals surface area contributed by atoms with Gasteiger partial charge in [-0.25, -0.2) is 15.0 Å². The Labute approximate surface area is 128 Å². The number of hydrogen-bond acceptors (Lipinski definition) is 6. The van der Waals surface area contributed by atoms with Crippen LogP contribution in [0.5, 0.6) is 0 Å². The number of anilines is 1. The molecule has 0 saturated carbocycles. The zero-order chi connectivity index (χ0) is 14.1. The van der Waals surface area contributed by atoms with Gasteiger partial charge in [0.25, 0.3) is 0 Å². The first-order chi connectivity index (χ1) is 9.63. The minimum atomic E-state index is 0. The van der Waals surface area contributed by atoms with Crippen LogP contribution in [0.3, 0.4) is 0 Å². The van der Waals surface area contributed by atoms with Gasteiger partial charge in [-0.3, -0.25) is 4.79 Å². The standard InChI is InChI=1S/C13H15N5OS.CH4/c1-8-16-11-7-18(9(2)19)6-10(11)13(17-8)15-5-12-14-3-4-20-12;/h3-4H,5-7H2,1-2H3,(H,15,16,17);1H4. The number of nitrogens with zero attached hydrogens (tertiary/aromatic N) is 4. The molecular formula is C14H19N5OS. The van der Waals surface area contributed by atoms with Gasteiger partial charge in [-0.1, -0.05) is 7.43 Å². The van der Waals surface area contributed by atoms with Crippen molar-refractivity contribution in [2.75, 3.05) is 5.32 Å². The fraction of sp³-hybridized carbons (Fsp3) is 0.429. The monoisotopic (exact) mass is 305 g/mol. The van der Waals surface area contributed by atoms with E-state index in [1.165, 1.54) is 0 Å². The highest BCUT2D eigenvalue weighted by molar-refractivity contribution is 7.09. The highest BCUT2D eigenvalue weighted by atomic mass is 32.1. The summed E-state index contributed by atoms with van der Waals surface area (Å²) in [6.07, 6.45) is 1.79. The van der Waals surface area contributed by atoms with Crippen molar-refractivity contribution in [1.82, 2.24) is 19.9 Å². The molecule has 0 aliphatic carbocycles. The molecule has 6 nitrogen and oxygen atoms in total. The van der Waals surface area contributed by atoms with Crippen molar-refractivity contribution >= 4 is 23.1 Å². The number of nitrogens with one attached hydrogen (secondary N) is 1. The molecule has 2 aromatic rings. The molecule has 0 spiro atoms. The third-order valence-electron chi connectivity index (χ3n) is 3.23. The largest absolute Gasteiger partial charge is 0.363 e. The summed E-state index contributed by atoms with van der Waals surface area (Å²) >= 11 is 1.60. The minimum absolute atomic E-state index is 0. The third kappa shape index (κ3) is 3.18. The summed E-state index contributed by atoms with van der Waals surface area (Å²) < 4.78 is 0. The Kier molecular flexibility index (Phi) is 4.52. The van der Waals surface area contributed by atoms with E-state index in [2.05, 4.69) is 20.3 Å². The summed E-state index contributed by atoms with van der Waals surface area (Å²) in [7, 11) is 0. The Morgan fingerprint density at radius 2 is 2.24 bits per heavy atom. The van der Waals surface area contributed by atoms with Gasteiger partial charge in [0.15, 0.2) is 0 Å². The first kappa shape index (κ1) is 15.4. The van der Waals surface area contributed by atoms with Gasteiger partial charge in [0.05, 0.1) is 25.3 Å². The van der Waals surface area contributed by atoms with E-state index >= 15 is 0 Å². The lowest BCUT2D eigenvalue weighted by atomic mass is 10.2. The second-order valence-corrected chi connectivity index (χ2v) is 5.68. The lowest BCUT2D eigenvalue weighted by Gasteiger charge is -2.11. The average Bonchev–Trinajstić information content (AvgIpc) is 3.04. The number of carbonyl (C=O) groups is 1. The molecule has 1 aliphatic heterocycles. The SMILES string of the molecule is C.CC(=O)N1Cc2nc(C)nc(NCc3nccs3)c2C1. The van der Waals surface area contributed by atoms with Crippen LogP contribution in [0.2, 0.25) is 0 Å². The van der Waals surface area contributed by atoms with Crippen molar-refractivity contribution in [3.05, 3.63) is 33.7 Å². The van der Waals surface area contributed by atoms with Gasteiger partial charge in [-0.2, -0.15) is 0 Å². The topological polar surface area (TPSA) is 71.0 Å². The molecule has 0 saturated heterocycles. The highest BCUT2D eigenvalue weighted by Gasteiger charge is 2.26. The lowest BCUT2D eigenvalue weighted by molar-refractivity contribution is -0.129. The Balaban J connectivity index is 0.00000161. The Morgan fingerprint density at radius 1 is 1.43 bits per heavy atom. The summed E-state index contributed by atoms with van der Waals surface area (Å²) in [6.45, 7) is 5.23. The van der Waals surface area contributed by atoms with Crippen molar-refractivity contribution in [3.63, 3.8) is 0 Å². The number of hydrogen-bond donors (Lipinski definition) is 1. The second kappa shape index (κ2) is 6.17. The Bertz CT molecular complexity index is 641. The van der Waals surface area contributed by atoms with Crippen LogP contribution < -0.4 is 5.32 Å². The van der Waals surface area contributed by atoms with E-state index in [1.807, 2.05) is 12.3 Å². The van der Waals surface area contributed by atoms with Crippen LogP contribution in [0.4, 0.5) is 5.82 Å². The molecule has 3 heterocycles. The molecule has 0 unspecified atom stereocenters. The van der Waals surface area contributed by atoms with Gasteiger partial charge in [-0.15, -0.1) is 11.3 Å². The van der Waals surface area contributed by atoms with Crippen molar-refractivity contribution in [2.45, 2.75) is 40.9 Å². The van der Waals surface area contributed by atoms with Crippen LogP contribution in [0.15, 0.2) is 11.6 Å². The molecule has 1 N–H and O–H groups in total. The number of carbonyl (C=O) groups excluding carboxylic acids is 1. The third-order valence-corrected chi connectivity index (χ3v) is 4.01. The molecule has 0 radical (unpaired) electrons. The first-order valence-corrected chi connectivity index (χ1v) is 7.25. The van der Waals surface area contributed by atoms with Crippen LogP contribution in [-0.4, -0.2) is 25.8 Å². The van der Waals surface area contributed by atoms with Crippen LogP contribution in [0.1, 0.15) is 36.4 Å². The van der Waals surface area contributed by atoms with E-state index in [1.54, 1.807) is 29.4 Å². The molecule has 3 rings (SSSR count). The predicted octanol–water partition coefficient (Wildman–Crippen LogP) is 2.35. The van der Waals surface area contributed by atoms with Crippen LogP contribution in [-0.2, 0) is 24.4 Å². The molecule has 0 atom stereocenters. The Hall–Kier alpha value is -2.02. The van der Waals surface area contributed by atoms with Crippen molar-refractivity contribution in [3.8, 4) is 0 Å². The van der Waals surface area contributed by atoms with E-state index in [4.69, 9.17) is 0 Å². The molecule has 7 heteroatoms. The smallest absolute Gasteiger partial charge is 0.220 e. The van der Waals surface area contributed by atoms with Crippen LogP contribution in [0, 0.1) is 6.92 Å². The maximum Gasteiger partial charge on any atom is 0.220 e. The van der Waals surface area contributed by atoms with Crippen LogP contribution >= 0.6 is 11.3 Å². The second-order valence-electron chi connectivity index (χ2n) is 4.70. The van der Waals surface area contributed by atoms with Gasteiger partial charge in [-0.05, 0) is 6.92 Å². The van der Waals surface area contributed by atoms with E-state index < -0.39 is 0 Å². The maximum absolute atomic E-state index is 11.5. The number of fused-ring (bicyclic) bond motifs is 1. The molecule has 1 aliphatic rings. The molecule has 0 aromatic carbocycles. The Morgan fingerprint density at radius 3 is 2.90 bits per heavy atom. The van der Waals surface area contributed by atoms with Gasteiger partial charge < -0.3 is 10.2 Å². The van der Waals surface area contributed by atoms with Gasteiger partial charge in [0, 0.05) is 24.1 Å². The van der Waals surface area contributed by atoms with Gasteiger partial charge in [0.1, 0.15) is 16.6 Å². The summed E-state index contributed by atoms with van der Waals surface area (Å²) in [6, 6.07) is 0. The average molecular weight is 305 g/mol. The van der Waals surface area contributed by atoms with Crippen molar-refractivity contribution < 1.29 is 4.79 Å². The lowest BCUT2D eigenvalue weighted by Crippen LogP contribution is -2.22. The molecule has 1 amide bonds. The number of aryl methyl sites for hydroxylation is 1. The fourth-order valence-corrected chi connectivity index (χ4v) is 2.80. The van der Waals surface area contributed by atoms with Crippen molar-refractivity contribution in [1.29, 1.82) is 0 Å². The molecule has 112 valence electrons. The zero-order valence-electron chi connectivity index (χ0n) is 11.4. The minimum Gasteiger partial charge on any atom is -0.363 e. The normalized spacial score (nSPS) is 12.8. The van der Waals surface area contributed by atoms with E-state index in [0.717, 1.165) is 27.9 Å². The van der Waals surface area contributed by atoms with E-state index in [0.29, 0.717) is 19.6 Å².